The fourth-order valence-electron chi connectivity index (χ4n) is 7.65. The molecule has 3 fully saturated rings. The second kappa shape index (κ2) is 12.6. The molecule has 2 unspecified atom stereocenters. The lowest BCUT2D eigenvalue weighted by Gasteiger charge is -2.46. The van der Waals surface area contributed by atoms with Crippen molar-refractivity contribution in [1.29, 1.82) is 0 Å². The van der Waals surface area contributed by atoms with Crippen molar-refractivity contribution in [3.05, 3.63) is 25.3 Å². The molecule has 7 nitrogen and oxygen atoms in total. The highest BCUT2D eigenvalue weighted by atomic mass is 32.2. The van der Waals surface area contributed by atoms with Crippen LogP contribution in [0.1, 0.15) is 87.0 Å². The van der Waals surface area contributed by atoms with Gasteiger partial charge in [-0.25, -0.2) is 0 Å². The predicted molar refractivity (Wildman–Crippen MR) is 162 cm³/mol. The molecule has 3 saturated heterocycles. The maximum Gasteiger partial charge on any atom is 0.310 e. The number of carbonyl (C=O) groups is 3. The van der Waals surface area contributed by atoms with Crippen LogP contribution in [-0.2, 0) is 19.1 Å². The molecule has 226 valence electrons. The molecule has 1 N–H and O–H groups in total. The molecule has 0 aromatic carbocycles. The van der Waals surface area contributed by atoms with Gasteiger partial charge in [-0.05, 0) is 63.7 Å². The van der Waals surface area contributed by atoms with Gasteiger partial charge in [0.25, 0.3) is 0 Å². The maximum absolute atomic E-state index is 14.8. The van der Waals surface area contributed by atoms with Crippen LogP contribution in [0.3, 0.4) is 0 Å². The normalized spacial score (nSPS) is 28.5. The fraction of sp³-hybridized carbons (Fsp3) is 0.781. The molecule has 1 spiro atoms. The Kier molecular flexibility index (Phi) is 10.3. The Labute approximate surface area is 246 Å². The van der Waals surface area contributed by atoms with Gasteiger partial charge in [0, 0.05) is 17.3 Å². The summed E-state index contributed by atoms with van der Waals surface area (Å²) in [6, 6.07) is -1.25. The lowest BCUT2D eigenvalue weighted by atomic mass is 9.71. The van der Waals surface area contributed by atoms with Crippen LogP contribution in [0.4, 0.5) is 0 Å². The van der Waals surface area contributed by atoms with Gasteiger partial charge in [-0.1, -0.05) is 46.8 Å². The molecule has 0 radical (unpaired) electrons. The number of allylic oxidation sites excluding steroid dienone is 1. The molecule has 0 saturated carbocycles. The summed E-state index contributed by atoms with van der Waals surface area (Å²) in [5, 5.41) is 10.5. The third-order valence-electron chi connectivity index (χ3n) is 8.66. The average Bonchev–Trinajstić information content (AvgIpc) is 3.49. The third-order valence-corrected chi connectivity index (χ3v) is 10.6. The SMILES string of the molecule is C=CCCCOC(=O)[C@@H]1[C@H]2C(=O)N([C@@H](CO)CC(C)C)C(C(=O)N(CC=C)C(C)(C)CC(C)(C)C)C23CC[C@H]1S3. The van der Waals surface area contributed by atoms with Crippen LogP contribution < -0.4 is 0 Å². The van der Waals surface area contributed by atoms with Gasteiger partial charge in [-0.3, -0.25) is 14.4 Å². The molecular formula is C32H52N2O5S. The van der Waals surface area contributed by atoms with Crippen LogP contribution in [0, 0.1) is 23.2 Å². The molecule has 0 aliphatic carbocycles. The lowest BCUT2D eigenvalue weighted by Crippen LogP contribution is -2.61. The first-order chi connectivity index (χ1) is 18.6. The quantitative estimate of drug-likeness (QED) is 0.173. The first-order valence-corrected chi connectivity index (χ1v) is 15.8. The van der Waals surface area contributed by atoms with E-state index in [-0.39, 0.29) is 41.0 Å². The number of unbranched alkanes of at least 4 members (excludes halogenated alkanes) is 1. The average molecular weight is 577 g/mol. The molecule has 40 heavy (non-hydrogen) atoms. The van der Waals surface area contributed by atoms with E-state index in [0.717, 1.165) is 19.3 Å². The van der Waals surface area contributed by atoms with Crippen molar-refractivity contribution in [3.8, 4) is 0 Å². The number of aliphatic hydroxyl groups is 1. The van der Waals surface area contributed by atoms with E-state index in [4.69, 9.17) is 4.74 Å². The number of fused-ring (bicyclic) bond motifs is 1. The summed E-state index contributed by atoms with van der Waals surface area (Å²) in [6.45, 7) is 22.8. The molecule has 0 aromatic heterocycles. The zero-order valence-electron chi connectivity index (χ0n) is 25.8. The maximum atomic E-state index is 14.8. The van der Waals surface area contributed by atoms with E-state index in [9.17, 15) is 19.5 Å². The van der Waals surface area contributed by atoms with Gasteiger partial charge in [0.1, 0.15) is 6.04 Å². The van der Waals surface area contributed by atoms with Crippen molar-refractivity contribution in [2.24, 2.45) is 23.2 Å². The van der Waals surface area contributed by atoms with Crippen molar-refractivity contribution in [2.75, 3.05) is 19.8 Å². The summed E-state index contributed by atoms with van der Waals surface area (Å²) in [5.41, 5.74) is -0.522. The number of carbonyl (C=O) groups excluding carboxylic acids is 3. The highest BCUT2D eigenvalue weighted by molar-refractivity contribution is 8.02. The minimum Gasteiger partial charge on any atom is -0.465 e. The van der Waals surface area contributed by atoms with Gasteiger partial charge in [0.05, 0.1) is 35.8 Å². The monoisotopic (exact) mass is 576 g/mol. The van der Waals surface area contributed by atoms with Gasteiger partial charge in [-0.15, -0.1) is 24.9 Å². The summed E-state index contributed by atoms with van der Waals surface area (Å²) in [5.74, 6) is -1.63. The Morgan fingerprint density at radius 2 is 1.90 bits per heavy atom. The standard InChI is InChI=1S/C32H52N2O5S/c1-10-12-13-17-39-29(38)24-23-14-15-32(40-23)25(24)27(36)34(22(19-35)18-21(3)4)26(32)28(37)33(16-11-2)31(8,9)20-30(5,6)7/h10-11,21-26,35H,1-2,12-20H2,3-9H3/t22-,23-,24+,25+,26?,32?/m1/s1. The molecule has 3 aliphatic rings. The second-order valence-corrected chi connectivity index (χ2v) is 15.8. The van der Waals surface area contributed by atoms with E-state index in [0.29, 0.717) is 32.4 Å². The van der Waals surface area contributed by atoms with Crippen molar-refractivity contribution in [3.63, 3.8) is 0 Å². The first-order valence-electron chi connectivity index (χ1n) is 15.0. The van der Waals surface area contributed by atoms with E-state index < -0.39 is 34.2 Å². The largest absolute Gasteiger partial charge is 0.465 e. The number of nitrogens with zero attached hydrogens (tertiary/aromatic N) is 2. The highest BCUT2D eigenvalue weighted by Crippen LogP contribution is 2.67. The second-order valence-electron chi connectivity index (χ2n) is 14.2. The van der Waals surface area contributed by atoms with Crippen LogP contribution in [-0.4, -0.2) is 80.1 Å². The summed E-state index contributed by atoms with van der Waals surface area (Å²) in [6.07, 6.45) is 7.78. The molecule has 6 atom stereocenters. The van der Waals surface area contributed by atoms with Gasteiger partial charge in [0.2, 0.25) is 11.8 Å². The zero-order valence-corrected chi connectivity index (χ0v) is 26.6. The lowest BCUT2D eigenvalue weighted by molar-refractivity contribution is -0.154. The van der Waals surface area contributed by atoms with Crippen LogP contribution in [0.15, 0.2) is 25.3 Å². The summed E-state index contributed by atoms with van der Waals surface area (Å²) in [4.78, 5) is 46.3. The van der Waals surface area contributed by atoms with Crippen molar-refractivity contribution >= 4 is 29.5 Å². The number of rotatable bonds is 14. The van der Waals surface area contributed by atoms with E-state index in [1.165, 1.54) is 0 Å². The molecule has 2 amide bonds. The molecule has 3 aliphatic heterocycles. The van der Waals surface area contributed by atoms with Crippen molar-refractivity contribution in [2.45, 2.75) is 115 Å². The number of amides is 2. The molecule has 0 aromatic rings. The van der Waals surface area contributed by atoms with Crippen LogP contribution >= 0.6 is 11.8 Å². The topological polar surface area (TPSA) is 87.1 Å². The number of esters is 1. The van der Waals surface area contributed by atoms with Crippen molar-refractivity contribution < 1.29 is 24.2 Å². The Morgan fingerprint density at radius 1 is 1.23 bits per heavy atom. The number of aliphatic hydroxyl groups excluding tert-OH is 1. The van der Waals surface area contributed by atoms with Crippen LogP contribution in [0.5, 0.6) is 0 Å². The Morgan fingerprint density at radius 3 is 2.45 bits per heavy atom. The van der Waals surface area contributed by atoms with Gasteiger partial charge >= 0.3 is 5.97 Å². The van der Waals surface area contributed by atoms with Crippen molar-refractivity contribution in [1.82, 2.24) is 9.80 Å². The Bertz CT molecular complexity index is 973. The third kappa shape index (κ3) is 6.33. The highest BCUT2D eigenvalue weighted by Gasteiger charge is 2.75. The van der Waals surface area contributed by atoms with E-state index in [2.05, 4.69) is 61.6 Å². The van der Waals surface area contributed by atoms with E-state index in [1.54, 1.807) is 28.8 Å². The number of hydrogen-bond acceptors (Lipinski definition) is 6. The minimum atomic E-state index is -0.756. The predicted octanol–water partition coefficient (Wildman–Crippen LogP) is 5.22. The molecule has 2 bridgehead atoms. The van der Waals surface area contributed by atoms with Gasteiger partial charge < -0.3 is 19.6 Å². The number of thioether (sulfide) groups is 1. The first kappa shape index (κ1) is 32.7. The smallest absolute Gasteiger partial charge is 0.310 e. The number of likely N-dealkylation sites (tertiary alicyclic amines) is 1. The summed E-state index contributed by atoms with van der Waals surface area (Å²) < 4.78 is 4.97. The minimum absolute atomic E-state index is 0.0263. The fourth-order valence-corrected chi connectivity index (χ4v) is 9.84. The number of ether oxygens (including phenoxy) is 1. The summed E-state index contributed by atoms with van der Waals surface area (Å²) in [7, 11) is 0. The zero-order chi connectivity index (χ0) is 30.0. The van der Waals surface area contributed by atoms with Gasteiger partial charge in [-0.2, -0.15) is 0 Å². The molecule has 3 rings (SSSR count). The summed E-state index contributed by atoms with van der Waals surface area (Å²) >= 11 is 1.65. The van der Waals surface area contributed by atoms with Gasteiger partial charge in [0.15, 0.2) is 0 Å². The van der Waals surface area contributed by atoms with Crippen LogP contribution in [0.25, 0.3) is 0 Å². The molecule has 3 heterocycles. The Balaban J connectivity index is 2.07. The van der Waals surface area contributed by atoms with Crippen LogP contribution in [0.2, 0.25) is 0 Å². The molecule has 8 heteroatoms. The Hall–Kier alpha value is -1.80. The van der Waals surface area contributed by atoms with E-state index in [1.807, 2.05) is 4.90 Å². The van der Waals surface area contributed by atoms with E-state index >= 15 is 0 Å². The molecular weight excluding hydrogens is 524 g/mol. The number of hydrogen-bond donors (Lipinski definition) is 1.